The van der Waals surface area contributed by atoms with Gasteiger partial charge in [0, 0.05) is 25.8 Å². The summed E-state index contributed by atoms with van der Waals surface area (Å²) in [5.74, 6) is -0.584. The van der Waals surface area contributed by atoms with Crippen molar-refractivity contribution >= 4 is 21.6 Å². The summed E-state index contributed by atoms with van der Waals surface area (Å²) in [4.78, 5) is 37.5. The molecule has 1 fully saturated rings. The lowest BCUT2D eigenvalue weighted by molar-refractivity contribution is -0.116. The molecule has 1 aromatic carbocycles. The van der Waals surface area contributed by atoms with E-state index in [-0.39, 0.29) is 54.7 Å². The molecule has 1 aliphatic rings. The minimum Gasteiger partial charge on any atom is -0.495 e. The summed E-state index contributed by atoms with van der Waals surface area (Å²) in [6.45, 7) is 2.16. The first-order valence-corrected chi connectivity index (χ1v) is 11.5. The molecule has 0 spiro atoms. The first kappa shape index (κ1) is 24.2. The molecule has 0 aliphatic carbocycles. The topological polar surface area (TPSA) is 153 Å². The number of ether oxygens (including phenoxy) is 2. The molecule has 1 aromatic heterocycles. The van der Waals surface area contributed by atoms with E-state index in [0.717, 1.165) is 10.8 Å². The van der Waals surface area contributed by atoms with Gasteiger partial charge in [0.1, 0.15) is 23.9 Å². The zero-order valence-corrected chi connectivity index (χ0v) is 18.9. The van der Waals surface area contributed by atoms with Crippen LogP contribution < -0.4 is 21.3 Å². The molecule has 12 nitrogen and oxygen atoms in total. The molecule has 0 unspecified atom stereocenters. The van der Waals surface area contributed by atoms with Crippen LogP contribution in [0.15, 0.2) is 38.9 Å². The fourth-order valence-electron chi connectivity index (χ4n) is 3.31. The zero-order valence-electron chi connectivity index (χ0n) is 18.1. The molecule has 2 aromatic rings. The third-order valence-corrected chi connectivity index (χ3v) is 6.95. The molecule has 13 heteroatoms. The number of aromatic nitrogens is 2. The maximum Gasteiger partial charge on any atom is 0.331 e. The Morgan fingerprint density at radius 2 is 1.97 bits per heavy atom. The van der Waals surface area contributed by atoms with Gasteiger partial charge >= 0.3 is 5.69 Å². The van der Waals surface area contributed by atoms with Crippen LogP contribution in [-0.2, 0) is 32.6 Å². The van der Waals surface area contributed by atoms with E-state index in [2.05, 4.69) is 5.32 Å². The average Bonchev–Trinajstić information content (AvgIpc) is 2.82. The molecule has 0 atom stereocenters. The Kier molecular flexibility index (Phi) is 7.32. The van der Waals surface area contributed by atoms with Crippen molar-refractivity contribution in [1.29, 1.82) is 5.26 Å². The SMILES string of the molecule is CCn1cc(C#N)c(=O)n(CC(=O)Nc2cc(S(=O)(=O)N3CCOCC3)ccc2OC)c1=O. The number of benzene rings is 1. The number of carbonyl (C=O) groups excluding carboxylic acids is 1. The summed E-state index contributed by atoms with van der Waals surface area (Å²) in [6.07, 6.45) is 1.14. The molecule has 1 aliphatic heterocycles. The van der Waals surface area contributed by atoms with Gasteiger partial charge in [-0.3, -0.25) is 14.2 Å². The van der Waals surface area contributed by atoms with Gasteiger partial charge < -0.3 is 14.8 Å². The van der Waals surface area contributed by atoms with Crippen LogP contribution in [0.25, 0.3) is 0 Å². The van der Waals surface area contributed by atoms with Crippen LogP contribution in [0.4, 0.5) is 5.69 Å². The van der Waals surface area contributed by atoms with Gasteiger partial charge in [-0.15, -0.1) is 0 Å². The number of nitriles is 1. The maximum atomic E-state index is 12.9. The van der Waals surface area contributed by atoms with Crippen LogP contribution in [0.3, 0.4) is 0 Å². The van der Waals surface area contributed by atoms with Gasteiger partial charge in [-0.1, -0.05) is 0 Å². The number of hydrogen-bond donors (Lipinski definition) is 1. The largest absolute Gasteiger partial charge is 0.495 e. The Labute approximate surface area is 189 Å². The molecule has 1 saturated heterocycles. The maximum absolute atomic E-state index is 12.9. The van der Waals surface area contributed by atoms with E-state index >= 15 is 0 Å². The van der Waals surface area contributed by atoms with E-state index < -0.39 is 33.7 Å². The second-order valence-electron chi connectivity index (χ2n) is 7.04. The summed E-state index contributed by atoms with van der Waals surface area (Å²) in [5, 5.41) is 11.6. The van der Waals surface area contributed by atoms with E-state index in [4.69, 9.17) is 14.7 Å². The van der Waals surface area contributed by atoms with Gasteiger partial charge in [-0.05, 0) is 25.1 Å². The minimum absolute atomic E-state index is 0.0529. The highest BCUT2D eigenvalue weighted by Crippen LogP contribution is 2.29. The predicted octanol–water partition coefficient (Wildman–Crippen LogP) is -0.430. The smallest absolute Gasteiger partial charge is 0.331 e. The van der Waals surface area contributed by atoms with Crippen molar-refractivity contribution < 1.29 is 22.7 Å². The van der Waals surface area contributed by atoms with Crippen molar-refractivity contribution in [1.82, 2.24) is 13.4 Å². The predicted molar refractivity (Wildman–Crippen MR) is 117 cm³/mol. The van der Waals surface area contributed by atoms with Crippen molar-refractivity contribution in [2.45, 2.75) is 24.9 Å². The monoisotopic (exact) mass is 477 g/mol. The summed E-state index contributed by atoms with van der Waals surface area (Å²) in [7, 11) is -2.48. The number of sulfonamides is 1. The number of methoxy groups -OCH3 is 1. The van der Waals surface area contributed by atoms with Crippen molar-refractivity contribution in [3.63, 3.8) is 0 Å². The summed E-state index contributed by atoms with van der Waals surface area (Å²) in [5.41, 5.74) is -1.86. The minimum atomic E-state index is -3.83. The van der Waals surface area contributed by atoms with Gasteiger partial charge in [-0.25, -0.2) is 17.8 Å². The van der Waals surface area contributed by atoms with E-state index in [0.29, 0.717) is 4.57 Å². The number of nitrogens with zero attached hydrogens (tertiary/aromatic N) is 4. The molecule has 3 rings (SSSR count). The van der Waals surface area contributed by atoms with E-state index in [1.807, 2.05) is 0 Å². The van der Waals surface area contributed by atoms with Crippen LogP contribution in [0.2, 0.25) is 0 Å². The second kappa shape index (κ2) is 9.99. The number of amides is 1. The second-order valence-corrected chi connectivity index (χ2v) is 8.98. The number of anilines is 1. The van der Waals surface area contributed by atoms with Gasteiger partial charge in [0.05, 0.1) is 30.9 Å². The number of nitrogens with one attached hydrogen (secondary N) is 1. The number of hydrogen-bond acceptors (Lipinski definition) is 8. The lowest BCUT2D eigenvalue weighted by atomic mass is 10.3. The summed E-state index contributed by atoms with van der Waals surface area (Å²) >= 11 is 0. The highest BCUT2D eigenvalue weighted by Gasteiger charge is 2.27. The van der Waals surface area contributed by atoms with Crippen molar-refractivity contribution in [2.75, 3.05) is 38.7 Å². The van der Waals surface area contributed by atoms with Gasteiger partial charge in [-0.2, -0.15) is 9.57 Å². The lowest BCUT2D eigenvalue weighted by Gasteiger charge is -2.26. The van der Waals surface area contributed by atoms with Crippen LogP contribution in [0.5, 0.6) is 5.75 Å². The van der Waals surface area contributed by atoms with Crippen LogP contribution >= 0.6 is 0 Å². The lowest BCUT2D eigenvalue weighted by Crippen LogP contribution is -2.43. The Hall–Kier alpha value is -3.47. The van der Waals surface area contributed by atoms with Gasteiger partial charge in [0.25, 0.3) is 5.56 Å². The van der Waals surface area contributed by atoms with Gasteiger partial charge in [0.2, 0.25) is 15.9 Å². The number of aryl methyl sites for hydroxylation is 1. The molecule has 1 N–H and O–H groups in total. The molecule has 176 valence electrons. The molecule has 0 bridgehead atoms. The molecule has 0 saturated carbocycles. The zero-order chi connectivity index (χ0) is 24.2. The van der Waals surface area contributed by atoms with Crippen molar-refractivity contribution in [3.05, 3.63) is 50.8 Å². The molecule has 1 amide bonds. The molecule has 0 radical (unpaired) electrons. The van der Waals surface area contributed by atoms with E-state index in [1.54, 1.807) is 13.0 Å². The van der Waals surface area contributed by atoms with E-state index in [9.17, 15) is 22.8 Å². The summed E-state index contributed by atoms with van der Waals surface area (Å²) in [6, 6.07) is 5.72. The fraction of sp³-hybridized carbons (Fsp3) is 0.400. The van der Waals surface area contributed by atoms with Crippen molar-refractivity contribution in [3.8, 4) is 11.8 Å². The Morgan fingerprint density at radius 1 is 1.27 bits per heavy atom. The van der Waals surface area contributed by atoms with Crippen LogP contribution in [0, 0.1) is 11.3 Å². The van der Waals surface area contributed by atoms with E-state index in [1.165, 1.54) is 29.6 Å². The molecule has 2 heterocycles. The Morgan fingerprint density at radius 3 is 2.58 bits per heavy atom. The standard InChI is InChI=1S/C20H23N5O7S/c1-3-23-12-14(11-21)19(27)25(20(23)28)13-18(26)22-16-10-15(4-5-17(16)31-2)33(29,30)24-6-8-32-9-7-24/h4-5,10,12H,3,6-9,13H2,1-2H3,(H,22,26). The fourth-order valence-corrected chi connectivity index (χ4v) is 4.75. The quantitative estimate of drug-likeness (QED) is 0.564. The van der Waals surface area contributed by atoms with Gasteiger partial charge in [0.15, 0.2) is 0 Å². The third kappa shape index (κ3) is 4.98. The Balaban J connectivity index is 1.92. The number of rotatable bonds is 7. The first-order chi connectivity index (χ1) is 15.7. The molecular formula is C20H23N5O7S. The normalized spacial score (nSPS) is 14.5. The molecule has 33 heavy (non-hydrogen) atoms. The van der Waals surface area contributed by atoms with Crippen LogP contribution in [-0.4, -0.2) is 61.2 Å². The summed E-state index contributed by atoms with van der Waals surface area (Å²) < 4.78 is 39.4. The number of carbonyl (C=O) groups is 1. The first-order valence-electron chi connectivity index (χ1n) is 10.0. The average molecular weight is 477 g/mol. The number of morpholine rings is 1. The Bertz CT molecular complexity index is 1320. The third-order valence-electron chi connectivity index (χ3n) is 5.05. The highest BCUT2D eigenvalue weighted by atomic mass is 32.2. The molecular weight excluding hydrogens is 454 g/mol. The van der Waals surface area contributed by atoms with Crippen molar-refractivity contribution in [2.24, 2.45) is 0 Å². The highest BCUT2D eigenvalue weighted by molar-refractivity contribution is 7.89. The van der Waals surface area contributed by atoms with Crippen LogP contribution in [0.1, 0.15) is 12.5 Å².